The second-order valence-electron chi connectivity index (χ2n) is 2.62. The van der Waals surface area contributed by atoms with E-state index in [4.69, 9.17) is 0 Å². The molecule has 2 heterocycles. The predicted octanol–water partition coefficient (Wildman–Crippen LogP) is 0.759. The molecule has 2 rings (SSSR count). The predicted molar refractivity (Wildman–Crippen MR) is 44.4 cm³/mol. The number of pyridine rings is 1. The molecule has 4 heteroatoms. The highest BCUT2D eigenvalue weighted by molar-refractivity contribution is 5.74. The Bertz CT molecular complexity index is 408. The van der Waals surface area contributed by atoms with Crippen LogP contribution >= 0.6 is 0 Å². The van der Waals surface area contributed by atoms with E-state index in [0.717, 1.165) is 22.2 Å². The number of aromatic nitrogens is 3. The fourth-order valence-electron chi connectivity index (χ4n) is 1.28. The first-order valence-corrected chi connectivity index (χ1v) is 3.88. The summed E-state index contributed by atoms with van der Waals surface area (Å²) in [7, 11) is 0. The zero-order chi connectivity index (χ0) is 8.55. The molecule has 62 valence electrons. The number of rotatable bonds is 1. The van der Waals surface area contributed by atoms with Gasteiger partial charge in [0, 0.05) is 0 Å². The van der Waals surface area contributed by atoms with E-state index < -0.39 is 0 Å². The molecule has 0 atom stereocenters. The first-order valence-electron chi connectivity index (χ1n) is 3.88. The van der Waals surface area contributed by atoms with Gasteiger partial charge in [-0.05, 0) is 18.6 Å². The minimum absolute atomic E-state index is 0.536. The lowest BCUT2D eigenvalue weighted by atomic mass is 10.2. The van der Waals surface area contributed by atoms with Crippen molar-refractivity contribution in [1.82, 2.24) is 10.2 Å². The molecule has 0 unspecified atom stereocenters. The summed E-state index contributed by atoms with van der Waals surface area (Å²) in [6.07, 6.45) is 2.30. The molecule has 2 aromatic heterocycles. The molecule has 0 amide bonds. The van der Waals surface area contributed by atoms with E-state index in [2.05, 4.69) is 10.2 Å². The monoisotopic (exact) mass is 163 g/mol. The normalized spacial score (nSPS) is 10.8. The number of nitrogens with one attached hydrogen (secondary N) is 1. The number of aromatic amines is 1. The smallest absolute Gasteiger partial charge is 0.312 e. The van der Waals surface area contributed by atoms with Gasteiger partial charge in [0.25, 0.3) is 0 Å². The van der Waals surface area contributed by atoms with E-state index in [0.29, 0.717) is 5.65 Å². The Labute approximate surface area is 69.4 Å². The number of nitrogens with zero attached hydrogens (tertiary/aromatic N) is 2. The Hall–Kier alpha value is -1.58. The van der Waals surface area contributed by atoms with Gasteiger partial charge in [-0.2, -0.15) is 0 Å². The SMILES string of the molecule is CCc1n[nH]c2c1ccc[n+]2[O-]. The van der Waals surface area contributed by atoms with Crippen LogP contribution in [0.4, 0.5) is 0 Å². The van der Waals surface area contributed by atoms with E-state index in [1.165, 1.54) is 6.20 Å². The van der Waals surface area contributed by atoms with Gasteiger partial charge in [-0.25, -0.2) is 4.73 Å². The third-order valence-electron chi connectivity index (χ3n) is 1.90. The van der Waals surface area contributed by atoms with Gasteiger partial charge >= 0.3 is 5.65 Å². The Morgan fingerprint density at radius 2 is 2.50 bits per heavy atom. The second-order valence-corrected chi connectivity index (χ2v) is 2.62. The van der Waals surface area contributed by atoms with Crippen molar-refractivity contribution in [3.8, 4) is 0 Å². The molecule has 0 aliphatic heterocycles. The quantitative estimate of drug-likeness (QED) is 0.498. The lowest BCUT2D eigenvalue weighted by Crippen LogP contribution is -2.25. The van der Waals surface area contributed by atoms with Crippen LogP contribution in [0.15, 0.2) is 18.3 Å². The van der Waals surface area contributed by atoms with Crippen molar-refractivity contribution in [2.75, 3.05) is 0 Å². The standard InChI is InChI=1S/C8H9N3O/c1-2-7-6-4-3-5-11(12)8(6)10-9-7/h3-5H,2H2,1H3,(H,9,10). The third-order valence-corrected chi connectivity index (χ3v) is 1.90. The first-order chi connectivity index (χ1) is 5.83. The van der Waals surface area contributed by atoms with E-state index in [1.54, 1.807) is 6.07 Å². The zero-order valence-corrected chi connectivity index (χ0v) is 6.74. The largest absolute Gasteiger partial charge is 0.711 e. The molecule has 0 aromatic carbocycles. The molecule has 0 fully saturated rings. The van der Waals surface area contributed by atoms with Gasteiger partial charge in [0.2, 0.25) is 0 Å². The Morgan fingerprint density at radius 1 is 1.67 bits per heavy atom. The molecule has 12 heavy (non-hydrogen) atoms. The molecule has 0 bridgehead atoms. The summed E-state index contributed by atoms with van der Waals surface area (Å²) in [5.41, 5.74) is 1.48. The van der Waals surface area contributed by atoms with Crippen LogP contribution in [-0.4, -0.2) is 10.2 Å². The molecular formula is C8H9N3O. The van der Waals surface area contributed by atoms with Gasteiger partial charge in [0.15, 0.2) is 0 Å². The molecule has 0 saturated carbocycles. The molecular weight excluding hydrogens is 154 g/mol. The van der Waals surface area contributed by atoms with Crippen LogP contribution in [0.2, 0.25) is 0 Å². The van der Waals surface area contributed by atoms with Gasteiger partial charge < -0.3 is 5.21 Å². The minimum atomic E-state index is 0.536. The minimum Gasteiger partial charge on any atom is -0.711 e. The van der Waals surface area contributed by atoms with E-state index >= 15 is 0 Å². The molecule has 0 radical (unpaired) electrons. The molecule has 2 aromatic rings. The van der Waals surface area contributed by atoms with Gasteiger partial charge in [-0.15, -0.1) is 5.10 Å². The zero-order valence-electron chi connectivity index (χ0n) is 6.74. The van der Waals surface area contributed by atoms with E-state index in [-0.39, 0.29) is 0 Å². The van der Waals surface area contributed by atoms with Crippen molar-refractivity contribution in [2.45, 2.75) is 13.3 Å². The van der Waals surface area contributed by atoms with Gasteiger partial charge in [-0.1, -0.05) is 12.0 Å². The Kier molecular flexibility index (Phi) is 1.46. The summed E-state index contributed by atoms with van der Waals surface area (Å²) in [6.45, 7) is 2.01. The summed E-state index contributed by atoms with van der Waals surface area (Å²) in [6, 6.07) is 3.62. The van der Waals surface area contributed by atoms with Crippen LogP contribution in [0, 0.1) is 5.21 Å². The maximum Gasteiger partial charge on any atom is 0.312 e. The number of H-pyrrole nitrogens is 1. The van der Waals surface area contributed by atoms with E-state index in [1.807, 2.05) is 13.0 Å². The van der Waals surface area contributed by atoms with Crippen LogP contribution < -0.4 is 4.73 Å². The highest BCUT2D eigenvalue weighted by Gasteiger charge is 2.09. The Balaban J connectivity index is 2.80. The highest BCUT2D eigenvalue weighted by Crippen LogP contribution is 2.11. The fraction of sp³-hybridized carbons (Fsp3) is 0.250. The van der Waals surface area contributed by atoms with Crippen molar-refractivity contribution < 1.29 is 4.73 Å². The highest BCUT2D eigenvalue weighted by atomic mass is 16.5. The summed E-state index contributed by atoms with van der Waals surface area (Å²) in [5.74, 6) is 0. The van der Waals surface area contributed by atoms with E-state index in [9.17, 15) is 5.21 Å². The van der Waals surface area contributed by atoms with Crippen molar-refractivity contribution >= 4 is 11.0 Å². The average Bonchev–Trinajstić information content (AvgIpc) is 2.49. The topological polar surface area (TPSA) is 55.6 Å². The van der Waals surface area contributed by atoms with Crippen molar-refractivity contribution in [3.05, 3.63) is 29.2 Å². The van der Waals surface area contributed by atoms with Gasteiger partial charge in [0.1, 0.15) is 0 Å². The molecule has 0 aliphatic carbocycles. The number of aryl methyl sites for hydroxylation is 1. The maximum atomic E-state index is 11.2. The second kappa shape index (κ2) is 2.48. The third kappa shape index (κ3) is 0.845. The lowest BCUT2D eigenvalue weighted by molar-refractivity contribution is -0.579. The maximum absolute atomic E-state index is 11.2. The van der Waals surface area contributed by atoms with Gasteiger partial charge in [-0.3, -0.25) is 0 Å². The molecule has 0 saturated heterocycles. The van der Waals surface area contributed by atoms with Gasteiger partial charge in [0.05, 0.1) is 17.3 Å². The van der Waals surface area contributed by atoms with Crippen LogP contribution in [-0.2, 0) is 6.42 Å². The van der Waals surface area contributed by atoms with Crippen molar-refractivity contribution in [3.63, 3.8) is 0 Å². The summed E-state index contributed by atoms with van der Waals surface area (Å²) >= 11 is 0. The molecule has 0 aliphatic rings. The lowest BCUT2D eigenvalue weighted by Gasteiger charge is -1.99. The summed E-state index contributed by atoms with van der Waals surface area (Å²) in [4.78, 5) is 0. The van der Waals surface area contributed by atoms with Crippen LogP contribution in [0.5, 0.6) is 0 Å². The number of fused-ring (bicyclic) bond motifs is 1. The Morgan fingerprint density at radius 3 is 3.25 bits per heavy atom. The molecule has 4 nitrogen and oxygen atoms in total. The number of hydrogen-bond acceptors (Lipinski definition) is 2. The molecule has 0 spiro atoms. The fourth-order valence-corrected chi connectivity index (χ4v) is 1.28. The first kappa shape index (κ1) is 7.09. The van der Waals surface area contributed by atoms with Crippen LogP contribution in [0.3, 0.4) is 0 Å². The van der Waals surface area contributed by atoms with Crippen LogP contribution in [0.25, 0.3) is 11.0 Å². The molecule has 1 N–H and O–H groups in total. The summed E-state index contributed by atoms with van der Waals surface area (Å²) in [5, 5.41) is 18.8. The average molecular weight is 163 g/mol. The summed E-state index contributed by atoms with van der Waals surface area (Å²) < 4.78 is 0.793. The van der Waals surface area contributed by atoms with Crippen molar-refractivity contribution in [1.29, 1.82) is 0 Å². The number of hydrogen-bond donors (Lipinski definition) is 1. The van der Waals surface area contributed by atoms with Crippen LogP contribution in [0.1, 0.15) is 12.6 Å². The van der Waals surface area contributed by atoms with Crippen molar-refractivity contribution in [2.24, 2.45) is 0 Å².